The van der Waals surface area contributed by atoms with E-state index in [2.05, 4.69) is 28.0 Å². The largest absolute Gasteiger partial charge is 0.385 e. The minimum Gasteiger partial charge on any atom is -0.385 e. The maximum absolute atomic E-state index is 12.6. The molecule has 2 aliphatic rings. The Bertz CT molecular complexity index is 1400. The lowest BCUT2D eigenvalue weighted by Gasteiger charge is -2.43. The smallest absolute Gasteiger partial charge is 0.216 e. The van der Waals surface area contributed by atoms with Crippen LogP contribution in [0.25, 0.3) is 0 Å². The predicted octanol–water partition coefficient (Wildman–Crippen LogP) is 5.92. The van der Waals surface area contributed by atoms with E-state index in [-0.39, 0.29) is 6.04 Å². The lowest BCUT2D eigenvalue weighted by Crippen LogP contribution is -2.50. The van der Waals surface area contributed by atoms with Crippen LogP contribution in [0.5, 0.6) is 0 Å². The highest BCUT2D eigenvalue weighted by Gasteiger charge is 2.39. The van der Waals surface area contributed by atoms with Gasteiger partial charge in [-0.05, 0) is 61.1 Å². The Balaban J connectivity index is 1.32. The molecule has 2 saturated heterocycles. The Morgan fingerprint density at radius 1 is 0.780 bits per heavy atom. The first-order valence-corrected chi connectivity index (χ1v) is 16.6. The van der Waals surface area contributed by atoms with Crippen molar-refractivity contribution in [2.75, 3.05) is 39.3 Å². The molecule has 0 bridgehead atoms. The average Bonchev–Trinajstić information content (AvgIpc) is 2.96. The molecule has 2 aliphatic heterocycles. The summed E-state index contributed by atoms with van der Waals surface area (Å²) in [5.41, 5.74) is 3.11. The molecule has 0 saturated carbocycles. The molecule has 9 heteroatoms. The molecule has 3 aromatic carbocycles. The number of hydrogen-bond acceptors (Lipinski definition) is 5. The molecule has 2 fully saturated rings. The van der Waals surface area contributed by atoms with Crippen molar-refractivity contribution in [3.63, 3.8) is 0 Å². The number of aliphatic hydroxyl groups is 1. The maximum Gasteiger partial charge on any atom is 0.216 e. The van der Waals surface area contributed by atoms with Crippen molar-refractivity contribution in [3.05, 3.63) is 105 Å². The van der Waals surface area contributed by atoms with Crippen LogP contribution in [0.15, 0.2) is 72.8 Å². The van der Waals surface area contributed by atoms with Gasteiger partial charge in [0.05, 0.1) is 16.9 Å². The van der Waals surface area contributed by atoms with E-state index >= 15 is 0 Å². The Morgan fingerprint density at radius 2 is 1.29 bits per heavy atom. The normalized spacial score (nSPS) is 19.2. The van der Waals surface area contributed by atoms with E-state index in [9.17, 15) is 13.5 Å². The number of rotatable bonds is 8. The molecular formula is C32H39Cl2N3O3S. The molecular weight excluding hydrogens is 577 g/mol. The van der Waals surface area contributed by atoms with Gasteiger partial charge in [0.1, 0.15) is 0 Å². The first-order chi connectivity index (χ1) is 19.6. The van der Waals surface area contributed by atoms with E-state index < -0.39 is 20.9 Å². The third-order valence-electron chi connectivity index (χ3n) is 8.59. The fourth-order valence-corrected chi connectivity index (χ4v) is 7.92. The van der Waals surface area contributed by atoms with Crippen LogP contribution in [0.2, 0.25) is 10.0 Å². The van der Waals surface area contributed by atoms with E-state index in [0.717, 1.165) is 22.3 Å². The third-order valence-corrected chi connectivity index (χ3v) is 11.6. The summed E-state index contributed by atoms with van der Waals surface area (Å²) in [4.78, 5) is 4.66. The molecule has 0 amide bonds. The van der Waals surface area contributed by atoms with E-state index in [4.69, 9.17) is 23.2 Å². The molecule has 0 radical (unpaired) electrons. The molecule has 220 valence electrons. The van der Waals surface area contributed by atoms with Crippen molar-refractivity contribution in [2.24, 2.45) is 0 Å². The molecule has 5 rings (SSSR count). The molecule has 6 nitrogen and oxygen atoms in total. The fraction of sp³-hybridized carbons (Fsp3) is 0.438. The SMILES string of the molecule is CC(C)S(=O)(=O)N1CCN(Cc2ccccc2C2(O)CCN(C(c3ccccc3Cl)c3ccccc3Cl)CC2)CC1. The highest BCUT2D eigenvalue weighted by atomic mass is 35.5. The molecule has 0 aromatic heterocycles. The van der Waals surface area contributed by atoms with Gasteiger partial charge >= 0.3 is 0 Å². The van der Waals surface area contributed by atoms with Crippen LogP contribution in [-0.4, -0.2) is 72.1 Å². The summed E-state index contributed by atoms with van der Waals surface area (Å²) < 4.78 is 26.8. The molecule has 3 aromatic rings. The quantitative estimate of drug-likeness (QED) is 0.341. The van der Waals surface area contributed by atoms with E-state index in [1.807, 2.05) is 54.6 Å². The van der Waals surface area contributed by atoms with Crippen molar-refractivity contribution in [3.8, 4) is 0 Å². The Hall–Kier alpha value is -1.97. The van der Waals surface area contributed by atoms with Crippen LogP contribution in [0, 0.1) is 0 Å². The molecule has 2 heterocycles. The van der Waals surface area contributed by atoms with E-state index in [1.165, 1.54) is 0 Å². The molecule has 1 N–H and O–H groups in total. The number of benzene rings is 3. The second kappa shape index (κ2) is 12.7. The fourth-order valence-electron chi connectivity index (χ4n) is 6.17. The summed E-state index contributed by atoms with van der Waals surface area (Å²) in [7, 11) is -3.24. The van der Waals surface area contributed by atoms with Gasteiger partial charge in [0, 0.05) is 55.9 Å². The van der Waals surface area contributed by atoms with Gasteiger partial charge in [0.15, 0.2) is 0 Å². The standard InChI is InChI=1S/C32H39Cl2N3O3S/c1-24(2)41(39,40)37-21-19-35(20-22-37)23-25-9-3-6-12-28(25)32(38)15-17-36(18-16-32)31(26-10-4-7-13-29(26)33)27-11-5-8-14-30(27)34/h3-14,24,31,38H,15-23H2,1-2H3. The number of nitrogens with zero attached hydrogens (tertiary/aromatic N) is 3. The number of halogens is 2. The lowest BCUT2D eigenvalue weighted by molar-refractivity contribution is -0.0335. The number of piperazine rings is 1. The molecule has 41 heavy (non-hydrogen) atoms. The van der Waals surface area contributed by atoms with Crippen LogP contribution in [-0.2, 0) is 22.2 Å². The van der Waals surface area contributed by atoms with Crippen LogP contribution in [0.3, 0.4) is 0 Å². The number of likely N-dealkylation sites (tertiary alicyclic amines) is 1. The number of sulfonamides is 1. The van der Waals surface area contributed by atoms with Gasteiger partial charge in [-0.1, -0.05) is 83.9 Å². The average molecular weight is 617 g/mol. The second-order valence-electron chi connectivity index (χ2n) is 11.4. The van der Waals surface area contributed by atoms with Crippen molar-refractivity contribution < 1.29 is 13.5 Å². The van der Waals surface area contributed by atoms with Crippen LogP contribution < -0.4 is 0 Å². The van der Waals surface area contributed by atoms with Gasteiger partial charge in [0.2, 0.25) is 10.0 Å². The zero-order valence-corrected chi connectivity index (χ0v) is 26.0. The van der Waals surface area contributed by atoms with Gasteiger partial charge in [-0.2, -0.15) is 4.31 Å². The minimum atomic E-state index is -3.24. The van der Waals surface area contributed by atoms with Crippen LogP contribution in [0.1, 0.15) is 55.0 Å². The molecule has 0 unspecified atom stereocenters. The monoisotopic (exact) mass is 615 g/mol. The summed E-state index contributed by atoms with van der Waals surface area (Å²) >= 11 is 13.4. The second-order valence-corrected chi connectivity index (χ2v) is 14.7. The summed E-state index contributed by atoms with van der Waals surface area (Å²) in [6.07, 6.45) is 1.16. The Morgan fingerprint density at radius 3 is 1.83 bits per heavy atom. The maximum atomic E-state index is 12.6. The zero-order chi connectivity index (χ0) is 29.2. The van der Waals surface area contributed by atoms with Crippen molar-refractivity contribution in [2.45, 2.75) is 50.1 Å². The van der Waals surface area contributed by atoms with Gasteiger partial charge in [0.25, 0.3) is 0 Å². The highest BCUT2D eigenvalue weighted by Crippen LogP contribution is 2.42. The zero-order valence-electron chi connectivity index (χ0n) is 23.7. The van der Waals surface area contributed by atoms with Crippen molar-refractivity contribution >= 4 is 33.2 Å². The first kappa shape index (κ1) is 30.5. The summed E-state index contributed by atoms with van der Waals surface area (Å²) in [6, 6.07) is 23.8. The number of hydrogen-bond donors (Lipinski definition) is 1. The first-order valence-electron chi connectivity index (χ1n) is 14.3. The van der Waals surface area contributed by atoms with Crippen LogP contribution >= 0.6 is 23.2 Å². The van der Waals surface area contributed by atoms with E-state index in [0.29, 0.717) is 68.7 Å². The summed E-state index contributed by atoms with van der Waals surface area (Å²) in [5.74, 6) is 0. The van der Waals surface area contributed by atoms with Gasteiger partial charge in [-0.15, -0.1) is 0 Å². The van der Waals surface area contributed by atoms with Crippen molar-refractivity contribution in [1.29, 1.82) is 0 Å². The number of piperidine rings is 1. The molecule has 0 atom stereocenters. The Kier molecular flexibility index (Phi) is 9.46. The van der Waals surface area contributed by atoms with Gasteiger partial charge in [-0.25, -0.2) is 8.42 Å². The molecule has 0 aliphatic carbocycles. The van der Waals surface area contributed by atoms with Gasteiger partial charge < -0.3 is 5.11 Å². The van der Waals surface area contributed by atoms with Crippen LogP contribution in [0.4, 0.5) is 0 Å². The molecule has 0 spiro atoms. The Labute approximate surface area is 254 Å². The van der Waals surface area contributed by atoms with E-state index in [1.54, 1.807) is 18.2 Å². The minimum absolute atomic E-state index is 0.115. The van der Waals surface area contributed by atoms with Gasteiger partial charge in [-0.3, -0.25) is 9.80 Å². The third kappa shape index (κ3) is 6.52. The predicted molar refractivity (Wildman–Crippen MR) is 167 cm³/mol. The highest BCUT2D eigenvalue weighted by molar-refractivity contribution is 7.89. The lowest BCUT2D eigenvalue weighted by atomic mass is 9.80. The summed E-state index contributed by atoms with van der Waals surface area (Å²) in [6.45, 7) is 7.83. The topological polar surface area (TPSA) is 64.1 Å². The van der Waals surface area contributed by atoms with Crippen molar-refractivity contribution in [1.82, 2.24) is 14.1 Å². The summed E-state index contributed by atoms with van der Waals surface area (Å²) in [5, 5.41) is 13.0.